The summed E-state index contributed by atoms with van der Waals surface area (Å²) >= 11 is 0. The van der Waals surface area contributed by atoms with Crippen molar-refractivity contribution in [3.63, 3.8) is 0 Å². The zero-order chi connectivity index (χ0) is 17.2. The molecule has 0 unspecified atom stereocenters. The number of halogens is 2. The van der Waals surface area contributed by atoms with Gasteiger partial charge in [-0.2, -0.15) is 0 Å². The van der Waals surface area contributed by atoms with Crippen LogP contribution in [-0.2, 0) is 4.74 Å². The fourth-order valence-electron chi connectivity index (χ4n) is 4.44. The number of carbonyl (C=O) groups is 1. The Kier molecular flexibility index (Phi) is 8.13. The van der Waals surface area contributed by atoms with Crippen molar-refractivity contribution in [3.05, 3.63) is 36.0 Å². The zero-order valence-electron chi connectivity index (χ0n) is 15.7. The van der Waals surface area contributed by atoms with Gasteiger partial charge in [-0.1, -0.05) is 18.2 Å². The van der Waals surface area contributed by atoms with Gasteiger partial charge in [0.2, 0.25) is 5.91 Å². The number of rotatable bonds is 3. The molecule has 2 aliphatic heterocycles. The predicted octanol–water partition coefficient (Wildman–Crippen LogP) is 3.52. The summed E-state index contributed by atoms with van der Waals surface area (Å²) in [6.45, 7) is 7.51. The van der Waals surface area contributed by atoms with E-state index in [1.165, 1.54) is 10.9 Å². The number of nitrogens with one attached hydrogen (secondary N) is 1. The summed E-state index contributed by atoms with van der Waals surface area (Å²) in [6.07, 6.45) is 4.28. The van der Waals surface area contributed by atoms with Crippen LogP contribution >= 0.6 is 24.8 Å². The first-order valence-corrected chi connectivity index (χ1v) is 9.39. The minimum absolute atomic E-state index is 0. The largest absolute Gasteiger partial charge is 0.381 e. The van der Waals surface area contributed by atoms with Crippen LogP contribution in [0.25, 0.3) is 10.9 Å². The van der Waals surface area contributed by atoms with E-state index in [9.17, 15) is 4.79 Å². The van der Waals surface area contributed by atoms with Gasteiger partial charge in [-0.25, -0.2) is 0 Å². The van der Waals surface area contributed by atoms with Gasteiger partial charge in [0.05, 0.1) is 5.52 Å². The molecule has 0 bridgehead atoms. The first kappa shape index (κ1) is 22.2. The maximum Gasteiger partial charge on any atom is 0.227 e. The summed E-state index contributed by atoms with van der Waals surface area (Å²) < 4.78 is 7.43. The van der Waals surface area contributed by atoms with E-state index >= 15 is 0 Å². The summed E-state index contributed by atoms with van der Waals surface area (Å²) in [5.41, 5.74) is 2.33. The van der Waals surface area contributed by atoms with E-state index in [1.807, 2.05) is 10.6 Å². The molecule has 7 heteroatoms. The molecule has 2 fully saturated rings. The van der Waals surface area contributed by atoms with Crippen LogP contribution in [0.5, 0.6) is 0 Å². The van der Waals surface area contributed by atoms with Gasteiger partial charge in [-0.3, -0.25) is 14.3 Å². The highest BCUT2D eigenvalue weighted by molar-refractivity contribution is 5.93. The molecule has 0 radical (unpaired) electrons. The van der Waals surface area contributed by atoms with Crippen molar-refractivity contribution in [2.75, 3.05) is 39.4 Å². The number of fused-ring (bicyclic) bond motifs is 1. The second-order valence-corrected chi connectivity index (χ2v) is 7.17. The highest BCUT2D eigenvalue weighted by Gasteiger charge is 2.33. The quantitative estimate of drug-likeness (QED) is 0.835. The van der Waals surface area contributed by atoms with E-state index in [-0.39, 0.29) is 30.7 Å². The molecule has 1 aromatic heterocycles. The number of nitrogens with zero attached hydrogens (tertiary/aromatic N) is 2. The van der Waals surface area contributed by atoms with Gasteiger partial charge in [-0.05, 0) is 30.4 Å². The molecule has 0 spiro atoms. The standard InChI is InChI=1S/C20H27N3O2.2ClH/c1-15(24)23-14-18(17-4-2-3-5-19(17)23)20(16-6-12-25-13-7-16)22-10-8-21-9-11-22;;/h2-5,14,16,20-21H,6-13H2,1H3;2*1H/t20-;;/m0../s1. The number of benzene rings is 1. The van der Waals surface area contributed by atoms with E-state index in [1.54, 1.807) is 6.92 Å². The van der Waals surface area contributed by atoms with Crippen molar-refractivity contribution in [1.82, 2.24) is 14.8 Å². The molecule has 0 saturated carbocycles. The second kappa shape index (κ2) is 9.89. The molecule has 0 amide bonds. The lowest BCUT2D eigenvalue weighted by atomic mass is 9.85. The molecular weight excluding hydrogens is 385 g/mol. The summed E-state index contributed by atoms with van der Waals surface area (Å²) in [7, 11) is 0. The average molecular weight is 414 g/mol. The Morgan fingerprint density at radius 1 is 1.15 bits per heavy atom. The number of piperazine rings is 1. The van der Waals surface area contributed by atoms with Gasteiger partial charge in [0.1, 0.15) is 0 Å². The third-order valence-electron chi connectivity index (χ3n) is 5.66. The van der Waals surface area contributed by atoms with Gasteiger partial charge in [0.15, 0.2) is 0 Å². The van der Waals surface area contributed by atoms with Crippen LogP contribution < -0.4 is 5.32 Å². The molecule has 2 saturated heterocycles. The van der Waals surface area contributed by atoms with E-state index in [0.29, 0.717) is 12.0 Å². The fraction of sp³-hybridized carbons (Fsp3) is 0.550. The number of carbonyl (C=O) groups excluding carboxylic acids is 1. The fourth-order valence-corrected chi connectivity index (χ4v) is 4.44. The average Bonchev–Trinajstić information content (AvgIpc) is 3.04. The van der Waals surface area contributed by atoms with Crippen LogP contribution in [0, 0.1) is 5.92 Å². The lowest BCUT2D eigenvalue weighted by Crippen LogP contribution is -2.47. The molecule has 2 aliphatic rings. The van der Waals surface area contributed by atoms with Gasteiger partial charge in [0, 0.05) is 63.9 Å². The Balaban J connectivity index is 0.00000131. The smallest absolute Gasteiger partial charge is 0.227 e. The normalized spacial score (nSPS) is 19.9. The third-order valence-corrected chi connectivity index (χ3v) is 5.66. The van der Waals surface area contributed by atoms with Crippen LogP contribution in [0.1, 0.15) is 36.2 Å². The van der Waals surface area contributed by atoms with Gasteiger partial charge in [-0.15, -0.1) is 24.8 Å². The van der Waals surface area contributed by atoms with Crippen molar-refractivity contribution in [3.8, 4) is 0 Å². The van der Waals surface area contributed by atoms with Crippen molar-refractivity contribution in [2.45, 2.75) is 25.8 Å². The Morgan fingerprint density at radius 2 is 1.81 bits per heavy atom. The number of aromatic nitrogens is 1. The van der Waals surface area contributed by atoms with Crippen LogP contribution in [0.15, 0.2) is 30.5 Å². The van der Waals surface area contributed by atoms with Gasteiger partial charge in [0.25, 0.3) is 0 Å². The predicted molar refractivity (Wildman–Crippen MR) is 113 cm³/mol. The van der Waals surface area contributed by atoms with Crippen LogP contribution in [0.2, 0.25) is 0 Å². The maximum absolute atomic E-state index is 12.2. The first-order chi connectivity index (χ1) is 12.3. The molecule has 3 heterocycles. The minimum atomic E-state index is 0. The molecule has 150 valence electrons. The molecule has 4 rings (SSSR count). The third kappa shape index (κ3) is 4.49. The topological polar surface area (TPSA) is 46.5 Å². The second-order valence-electron chi connectivity index (χ2n) is 7.17. The molecule has 5 nitrogen and oxygen atoms in total. The lowest BCUT2D eigenvalue weighted by molar-refractivity contribution is 0.0216. The zero-order valence-corrected chi connectivity index (χ0v) is 17.4. The summed E-state index contributed by atoms with van der Waals surface area (Å²) in [6, 6.07) is 8.67. The molecule has 2 aromatic rings. The SMILES string of the molecule is CC(=O)n1cc([C@H](C2CCOCC2)N2CCNCC2)c2ccccc21.Cl.Cl. The Labute approximate surface area is 173 Å². The highest BCUT2D eigenvalue weighted by atomic mass is 35.5. The highest BCUT2D eigenvalue weighted by Crippen LogP contribution is 2.39. The summed E-state index contributed by atoms with van der Waals surface area (Å²) in [4.78, 5) is 14.8. The maximum atomic E-state index is 12.2. The number of hydrogen-bond acceptors (Lipinski definition) is 4. The van der Waals surface area contributed by atoms with Crippen molar-refractivity contribution < 1.29 is 9.53 Å². The number of hydrogen-bond donors (Lipinski definition) is 1. The van der Waals surface area contributed by atoms with E-state index < -0.39 is 0 Å². The van der Waals surface area contributed by atoms with Gasteiger partial charge >= 0.3 is 0 Å². The molecule has 1 N–H and O–H groups in total. The van der Waals surface area contributed by atoms with E-state index in [0.717, 1.165) is 57.8 Å². The minimum Gasteiger partial charge on any atom is -0.381 e. The van der Waals surface area contributed by atoms with E-state index in [2.05, 4.69) is 34.6 Å². The Hall–Kier alpha value is -1.11. The van der Waals surface area contributed by atoms with Gasteiger partial charge < -0.3 is 10.1 Å². The number of para-hydroxylation sites is 1. The molecular formula is C20H29Cl2N3O2. The lowest BCUT2D eigenvalue weighted by Gasteiger charge is -2.40. The summed E-state index contributed by atoms with van der Waals surface area (Å²) in [5, 5.41) is 4.67. The van der Waals surface area contributed by atoms with Crippen molar-refractivity contribution >= 4 is 41.6 Å². The Bertz CT molecular complexity index is 735. The molecule has 27 heavy (non-hydrogen) atoms. The van der Waals surface area contributed by atoms with Crippen molar-refractivity contribution in [2.24, 2.45) is 5.92 Å². The summed E-state index contributed by atoms with van der Waals surface area (Å²) in [5.74, 6) is 0.659. The van der Waals surface area contributed by atoms with Crippen LogP contribution in [0.3, 0.4) is 0 Å². The molecule has 1 aromatic carbocycles. The van der Waals surface area contributed by atoms with Crippen molar-refractivity contribution in [1.29, 1.82) is 0 Å². The number of ether oxygens (including phenoxy) is 1. The first-order valence-electron chi connectivity index (χ1n) is 9.39. The molecule has 1 atom stereocenters. The monoisotopic (exact) mass is 413 g/mol. The molecule has 0 aliphatic carbocycles. The van der Waals surface area contributed by atoms with Crippen LogP contribution in [0.4, 0.5) is 0 Å². The Morgan fingerprint density at radius 3 is 2.48 bits per heavy atom. The van der Waals surface area contributed by atoms with Crippen LogP contribution in [-0.4, -0.2) is 54.8 Å². The van der Waals surface area contributed by atoms with E-state index in [4.69, 9.17) is 4.74 Å².